The highest BCUT2D eigenvalue weighted by Gasteiger charge is 2.40. The Kier molecular flexibility index (Phi) is 3.61. The van der Waals surface area contributed by atoms with Crippen molar-refractivity contribution in [3.63, 3.8) is 0 Å². The number of rotatable bonds is 2. The minimum Gasteiger partial charge on any atom is -0.504 e. The number of ether oxygens (including phenoxy) is 2. The number of carbonyl (C=O) groups excluding carboxylic acids is 1. The Bertz CT molecular complexity index is 923. The summed E-state index contributed by atoms with van der Waals surface area (Å²) in [5.74, 6) is -0.396. The Balaban J connectivity index is 1.89. The lowest BCUT2D eigenvalue weighted by atomic mass is 9.82. The normalized spacial score (nSPS) is 18.0. The van der Waals surface area contributed by atoms with Crippen molar-refractivity contribution in [2.75, 3.05) is 20.8 Å². The molecule has 0 bridgehead atoms. The van der Waals surface area contributed by atoms with E-state index in [0.717, 1.165) is 11.1 Å². The Hall–Kier alpha value is -3.09. The van der Waals surface area contributed by atoms with Gasteiger partial charge in [0.25, 0.3) is 5.91 Å². The van der Waals surface area contributed by atoms with E-state index in [1.165, 1.54) is 20.3 Å². The maximum atomic E-state index is 13.0. The first kappa shape index (κ1) is 16.4. The van der Waals surface area contributed by atoms with Crippen LogP contribution in [0.5, 0.6) is 28.7 Å². The molecule has 26 heavy (non-hydrogen) atoms. The monoisotopic (exact) mass is 357 g/mol. The lowest BCUT2D eigenvalue weighted by Gasteiger charge is -2.41. The van der Waals surface area contributed by atoms with Gasteiger partial charge in [0, 0.05) is 12.1 Å². The van der Waals surface area contributed by atoms with Crippen molar-refractivity contribution in [3.05, 3.63) is 40.5 Å². The molecule has 1 atom stereocenters. The Morgan fingerprint density at radius 1 is 1.12 bits per heavy atom. The molecule has 136 valence electrons. The number of methoxy groups -OCH3 is 2. The van der Waals surface area contributed by atoms with Gasteiger partial charge in [-0.25, -0.2) is 0 Å². The SMILES string of the molecule is COc1cc2c(c(OC)c1O)CCN1C(=O)c3c(ccc(O)c3O)C[C@@H]21. The number of phenolic OH excluding ortho intramolecular Hbond substituents is 3. The summed E-state index contributed by atoms with van der Waals surface area (Å²) < 4.78 is 10.6. The number of hydrogen-bond acceptors (Lipinski definition) is 6. The molecule has 0 aliphatic carbocycles. The second kappa shape index (κ2) is 5.72. The molecule has 0 saturated heterocycles. The molecule has 4 rings (SSSR count). The largest absolute Gasteiger partial charge is 0.504 e. The second-order valence-electron chi connectivity index (χ2n) is 6.46. The molecule has 0 unspecified atom stereocenters. The van der Waals surface area contributed by atoms with Crippen molar-refractivity contribution in [2.45, 2.75) is 18.9 Å². The molecule has 0 saturated carbocycles. The summed E-state index contributed by atoms with van der Waals surface area (Å²) >= 11 is 0. The van der Waals surface area contributed by atoms with Crippen molar-refractivity contribution in [1.29, 1.82) is 0 Å². The molecular weight excluding hydrogens is 338 g/mol. The average molecular weight is 357 g/mol. The van der Waals surface area contributed by atoms with Crippen LogP contribution in [0.4, 0.5) is 0 Å². The van der Waals surface area contributed by atoms with Gasteiger partial charge in [-0.3, -0.25) is 4.79 Å². The van der Waals surface area contributed by atoms with E-state index in [1.807, 2.05) is 0 Å². The standard InChI is InChI=1S/C19H19NO6/c1-25-14-8-11-10(18(26-2)17(14)23)5-6-20-12(11)7-9-3-4-13(21)16(22)15(9)19(20)24/h3-4,8,12,21-23H,5-7H2,1-2H3/t12-/m0/s1. The van der Waals surface area contributed by atoms with Gasteiger partial charge in [0.15, 0.2) is 23.0 Å². The van der Waals surface area contributed by atoms with Crippen LogP contribution in [0.15, 0.2) is 18.2 Å². The van der Waals surface area contributed by atoms with Gasteiger partial charge in [0.2, 0.25) is 5.75 Å². The highest BCUT2D eigenvalue weighted by atomic mass is 16.5. The highest BCUT2D eigenvalue weighted by Crippen LogP contribution is 2.49. The summed E-state index contributed by atoms with van der Waals surface area (Å²) in [7, 11) is 2.95. The molecule has 2 aromatic carbocycles. The van der Waals surface area contributed by atoms with Gasteiger partial charge in [0.1, 0.15) is 0 Å². The minimum atomic E-state index is -0.377. The van der Waals surface area contributed by atoms with E-state index in [2.05, 4.69) is 0 Å². The summed E-state index contributed by atoms with van der Waals surface area (Å²) in [4.78, 5) is 14.6. The Morgan fingerprint density at radius 2 is 1.88 bits per heavy atom. The number of fused-ring (bicyclic) bond motifs is 4. The van der Waals surface area contributed by atoms with Crippen LogP contribution in [-0.2, 0) is 12.8 Å². The van der Waals surface area contributed by atoms with E-state index >= 15 is 0 Å². The van der Waals surface area contributed by atoms with Crippen LogP contribution in [0, 0.1) is 0 Å². The molecule has 2 aromatic rings. The predicted octanol–water partition coefficient (Wildman–Crippen LogP) is 2.12. The van der Waals surface area contributed by atoms with Gasteiger partial charge in [-0.05, 0) is 36.1 Å². The maximum Gasteiger partial charge on any atom is 0.258 e. The molecule has 2 aliphatic heterocycles. The van der Waals surface area contributed by atoms with Gasteiger partial charge in [-0.1, -0.05) is 6.07 Å². The van der Waals surface area contributed by atoms with E-state index < -0.39 is 0 Å². The van der Waals surface area contributed by atoms with E-state index in [9.17, 15) is 20.1 Å². The third-order valence-corrected chi connectivity index (χ3v) is 5.25. The zero-order valence-corrected chi connectivity index (χ0v) is 14.4. The Morgan fingerprint density at radius 3 is 2.58 bits per heavy atom. The molecular formula is C19H19NO6. The van der Waals surface area contributed by atoms with Crippen LogP contribution in [0.2, 0.25) is 0 Å². The first-order valence-corrected chi connectivity index (χ1v) is 8.29. The number of phenols is 3. The first-order chi connectivity index (χ1) is 12.5. The zero-order chi connectivity index (χ0) is 18.6. The van der Waals surface area contributed by atoms with Crippen molar-refractivity contribution in [3.8, 4) is 28.7 Å². The van der Waals surface area contributed by atoms with Gasteiger partial charge in [0.05, 0.1) is 25.8 Å². The molecule has 1 amide bonds. The second-order valence-corrected chi connectivity index (χ2v) is 6.46. The molecule has 2 aliphatic rings. The lowest BCUT2D eigenvalue weighted by molar-refractivity contribution is 0.0625. The smallest absolute Gasteiger partial charge is 0.258 e. The molecule has 2 heterocycles. The van der Waals surface area contributed by atoms with E-state index in [-0.39, 0.29) is 40.5 Å². The van der Waals surface area contributed by atoms with E-state index in [0.29, 0.717) is 30.7 Å². The fraction of sp³-hybridized carbons (Fsp3) is 0.316. The summed E-state index contributed by atoms with van der Waals surface area (Å²) in [5.41, 5.74) is 2.54. The number of amides is 1. The van der Waals surface area contributed by atoms with Crippen molar-refractivity contribution < 1.29 is 29.6 Å². The Labute approximate surface area is 150 Å². The predicted molar refractivity (Wildman–Crippen MR) is 92.2 cm³/mol. The number of carbonyl (C=O) groups is 1. The average Bonchev–Trinajstić information content (AvgIpc) is 2.64. The number of nitrogens with zero attached hydrogens (tertiary/aromatic N) is 1. The summed E-state index contributed by atoms with van der Waals surface area (Å²) in [6.07, 6.45) is 0.992. The van der Waals surface area contributed by atoms with Gasteiger partial charge in [-0.2, -0.15) is 0 Å². The third-order valence-electron chi connectivity index (χ3n) is 5.25. The minimum absolute atomic E-state index is 0.0488. The zero-order valence-electron chi connectivity index (χ0n) is 14.4. The van der Waals surface area contributed by atoms with Crippen LogP contribution in [0.3, 0.4) is 0 Å². The molecule has 0 aromatic heterocycles. The summed E-state index contributed by atoms with van der Waals surface area (Å²) in [6.45, 7) is 0.424. The summed E-state index contributed by atoms with van der Waals surface area (Å²) in [5, 5.41) is 30.2. The highest BCUT2D eigenvalue weighted by molar-refractivity contribution is 6.00. The van der Waals surface area contributed by atoms with Crippen LogP contribution < -0.4 is 9.47 Å². The first-order valence-electron chi connectivity index (χ1n) is 8.29. The fourth-order valence-corrected chi connectivity index (χ4v) is 4.02. The van der Waals surface area contributed by atoms with Crippen LogP contribution in [0.25, 0.3) is 0 Å². The van der Waals surface area contributed by atoms with Crippen LogP contribution in [0.1, 0.15) is 33.1 Å². The summed E-state index contributed by atoms with van der Waals surface area (Å²) in [6, 6.07) is 4.52. The van der Waals surface area contributed by atoms with Crippen molar-refractivity contribution in [2.24, 2.45) is 0 Å². The van der Waals surface area contributed by atoms with Crippen LogP contribution in [-0.4, -0.2) is 46.9 Å². The maximum absolute atomic E-state index is 13.0. The molecule has 0 radical (unpaired) electrons. The van der Waals surface area contributed by atoms with Crippen LogP contribution >= 0.6 is 0 Å². The number of aromatic hydroxyl groups is 3. The molecule has 0 spiro atoms. The van der Waals surface area contributed by atoms with E-state index in [1.54, 1.807) is 17.0 Å². The van der Waals surface area contributed by atoms with Gasteiger partial charge < -0.3 is 29.7 Å². The molecule has 3 N–H and O–H groups in total. The van der Waals surface area contributed by atoms with E-state index in [4.69, 9.17) is 9.47 Å². The lowest BCUT2D eigenvalue weighted by Crippen LogP contribution is -2.44. The van der Waals surface area contributed by atoms with Crippen molar-refractivity contribution in [1.82, 2.24) is 4.90 Å². The van der Waals surface area contributed by atoms with Gasteiger partial charge in [-0.15, -0.1) is 0 Å². The quantitative estimate of drug-likeness (QED) is 0.712. The number of benzene rings is 2. The fourth-order valence-electron chi connectivity index (χ4n) is 4.02. The van der Waals surface area contributed by atoms with Crippen molar-refractivity contribution >= 4 is 5.91 Å². The molecule has 7 heteroatoms. The molecule has 0 fully saturated rings. The molecule has 7 nitrogen and oxygen atoms in total. The third kappa shape index (κ3) is 2.09. The van der Waals surface area contributed by atoms with Gasteiger partial charge >= 0.3 is 0 Å². The number of hydrogen-bond donors (Lipinski definition) is 3. The topological polar surface area (TPSA) is 99.5 Å².